The average molecular weight is 243 g/mol. The standard InChI is InChI=1S/C11H12F3N3/c1-7(2)6-16-10-8(5-15)3-4-9(17-10)11(12,13)14/h3-4,7H,6H2,1-2H3,(H,16,17). The fourth-order valence-electron chi connectivity index (χ4n) is 1.14. The predicted molar refractivity (Wildman–Crippen MR) is 57.3 cm³/mol. The van der Waals surface area contributed by atoms with Crippen LogP contribution in [0.2, 0.25) is 0 Å². The summed E-state index contributed by atoms with van der Waals surface area (Å²) in [5, 5.41) is 11.5. The third-order valence-corrected chi connectivity index (χ3v) is 1.98. The summed E-state index contributed by atoms with van der Waals surface area (Å²) in [5.41, 5.74) is -0.888. The lowest BCUT2D eigenvalue weighted by atomic mass is 10.2. The van der Waals surface area contributed by atoms with E-state index in [-0.39, 0.29) is 17.3 Å². The normalized spacial score (nSPS) is 11.4. The van der Waals surface area contributed by atoms with E-state index in [1.54, 1.807) is 6.07 Å². The van der Waals surface area contributed by atoms with Crippen molar-refractivity contribution in [2.24, 2.45) is 5.92 Å². The molecule has 92 valence electrons. The molecule has 0 aliphatic heterocycles. The lowest BCUT2D eigenvalue weighted by Gasteiger charge is -2.12. The molecule has 1 aromatic heterocycles. The molecule has 1 aromatic rings. The molecule has 1 rings (SSSR count). The van der Waals surface area contributed by atoms with E-state index >= 15 is 0 Å². The monoisotopic (exact) mass is 243 g/mol. The zero-order valence-corrected chi connectivity index (χ0v) is 9.47. The van der Waals surface area contributed by atoms with Crippen LogP contribution in [0.15, 0.2) is 12.1 Å². The van der Waals surface area contributed by atoms with Gasteiger partial charge in [-0.15, -0.1) is 0 Å². The second kappa shape index (κ2) is 5.04. The molecule has 1 N–H and O–H groups in total. The summed E-state index contributed by atoms with van der Waals surface area (Å²) >= 11 is 0. The number of rotatable bonds is 3. The molecule has 6 heteroatoms. The number of nitriles is 1. The van der Waals surface area contributed by atoms with Crippen LogP contribution in [-0.2, 0) is 6.18 Å². The lowest BCUT2D eigenvalue weighted by molar-refractivity contribution is -0.141. The zero-order valence-electron chi connectivity index (χ0n) is 9.47. The molecule has 1 heterocycles. The molecule has 0 radical (unpaired) electrons. The number of halogens is 3. The number of hydrogen-bond donors (Lipinski definition) is 1. The first kappa shape index (κ1) is 13.3. The van der Waals surface area contributed by atoms with Crippen molar-refractivity contribution in [2.45, 2.75) is 20.0 Å². The molecular formula is C11H12F3N3. The van der Waals surface area contributed by atoms with E-state index in [0.29, 0.717) is 6.54 Å². The van der Waals surface area contributed by atoms with Gasteiger partial charge in [-0.05, 0) is 18.1 Å². The second-order valence-corrected chi connectivity index (χ2v) is 3.98. The van der Waals surface area contributed by atoms with Gasteiger partial charge in [-0.1, -0.05) is 13.8 Å². The van der Waals surface area contributed by atoms with E-state index < -0.39 is 11.9 Å². The smallest absolute Gasteiger partial charge is 0.369 e. The van der Waals surface area contributed by atoms with Gasteiger partial charge in [0.05, 0.1) is 5.56 Å². The topological polar surface area (TPSA) is 48.7 Å². The minimum Gasteiger partial charge on any atom is -0.369 e. The second-order valence-electron chi connectivity index (χ2n) is 3.98. The molecular weight excluding hydrogens is 231 g/mol. The van der Waals surface area contributed by atoms with Gasteiger partial charge in [-0.3, -0.25) is 0 Å². The Bertz CT molecular complexity index is 433. The molecule has 0 amide bonds. The van der Waals surface area contributed by atoms with E-state index in [1.807, 2.05) is 13.8 Å². The summed E-state index contributed by atoms with van der Waals surface area (Å²) in [6.07, 6.45) is -4.50. The Morgan fingerprint density at radius 1 is 1.41 bits per heavy atom. The van der Waals surface area contributed by atoms with Crippen molar-refractivity contribution in [2.75, 3.05) is 11.9 Å². The summed E-state index contributed by atoms with van der Waals surface area (Å²) < 4.78 is 37.3. The number of alkyl halides is 3. The van der Waals surface area contributed by atoms with Crippen LogP contribution in [0.5, 0.6) is 0 Å². The van der Waals surface area contributed by atoms with E-state index in [9.17, 15) is 13.2 Å². The Morgan fingerprint density at radius 2 is 2.06 bits per heavy atom. The highest BCUT2D eigenvalue weighted by Crippen LogP contribution is 2.29. The number of aromatic nitrogens is 1. The molecule has 0 bridgehead atoms. The minimum atomic E-state index is -4.50. The van der Waals surface area contributed by atoms with Crippen molar-refractivity contribution in [3.63, 3.8) is 0 Å². The predicted octanol–water partition coefficient (Wildman–Crippen LogP) is 3.04. The van der Waals surface area contributed by atoms with Crippen LogP contribution in [0.1, 0.15) is 25.1 Å². The molecule has 0 aromatic carbocycles. The molecule has 3 nitrogen and oxygen atoms in total. The van der Waals surface area contributed by atoms with Gasteiger partial charge in [0.15, 0.2) is 0 Å². The van der Waals surface area contributed by atoms with Crippen molar-refractivity contribution < 1.29 is 13.2 Å². The maximum absolute atomic E-state index is 12.4. The van der Waals surface area contributed by atoms with Gasteiger partial charge in [-0.2, -0.15) is 18.4 Å². The SMILES string of the molecule is CC(C)CNc1nc(C(F)(F)F)ccc1C#N. The minimum absolute atomic E-state index is 0.0176. The Morgan fingerprint density at radius 3 is 2.53 bits per heavy atom. The van der Waals surface area contributed by atoms with Gasteiger partial charge in [0, 0.05) is 6.54 Å². The fraction of sp³-hybridized carbons (Fsp3) is 0.455. The van der Waals surface area contributed by atoms with Crippen molar-refractivity contribution in [3.05, 3.63) is 23.4 Å². The van der Waals surface area contributed by atoms with Crippen LogP contribution in [0.4, 0.5) is 19.0 Å². The van der Waals surface area contributed by atoms with Crippen LogP contribution >= 0.6 is 0 Å². The fourth-order valence-corrected chi connectivity index (χ4v) is 1.14. The maximum atomic E-state index is 12.4. The third kappa shape index (κ3) is 3.63. The summed E-state index contributed by atoms with van der Waals surface area (Å²) in [5.74, 6) is 0.230. The Hall–Kier alpha value is -1.77. The van der Waals surface area contributed by atoms with E-state index in [2.05, 4.69) is 10.3 Å². The zero-order chi connectivity index (χ0) is 13.1. The Kier molecular flexibility index (Phi) is 3.94. The molecule has 0 spiro atoms. The van der Waals surface area contributed by atoms with Crippen molar-refractivity contribution in [1.82, 2.24) is 4.98 Å². The van der Waals surface area contributed by atoms with Crippen LogP contribution in [-0.4, -0.2) is 11.5 Å². The van der Waals surface area contributed by atoms with Crippen molar-refractivity contribution in [1.29, 1.82) is 5.26 Å². The highest BCUT2D eigenvalue weighted by atomic mass is 19.4. The highest BCUT2D eigenvalue weighted by molar-refractivity contribution is 5.52. The quantitative estimate of drug-likeness (QED) is 0.887. The molecule has 0 atom stereocenters. The van der Waals surface area contributed by atoms with Crippen molar-refractivity contribution in [3.8, 4) is 6.07 Å². The van der Waals surface area contributed by atoms with Gasteiger partial charge < -0.3 is 5.32 Å². The molecule has 0 fully saturated rings. The summed E-state index contributed by atoms with van der Waals surface area (Å²) in [4.78, 5) is 3.43. The number of nitrogens with zero attached hydrogens (tertiary/aromatic N) is 2. The first-order valence-electron chi connectivity index (χ1n) is 5.06. The van der Waals surface area contributed by atoms with E-state index in [1.165, 1.54) is 0 Å². The number of nitrogens with one attached hydrogen (secondary N) is 1. The third-order valence-electron chi connectivity index (χ3n) is 1.98. The summed E-state index contributed by atoms with van der Waals surface area (Å²) in [6, 6.07) is 3.73. The van der Waals surface area contributed by atoms with Gasteiger partial charge in [0.1, 0.15) is 17.6 Å². The maximum Gasteiger partial charge on any atom is 0.433 e. The average Bonchev–Trinajstić information content (AvgIpc) is 2.24. The van der Waals surface area contributed by atoms with Crippen molar-refractivity contribution >= 4 is 5.82 Å². The van der Waals surface area contributed by atoms with Crippen LogP contribution in [0.25, 0.3) is 0 Å². The Balaban J connectivity index is 3.04. The Labute approximate surface area is 97.3 Å². The van der Waals surface area contributed by atoms with Crippen LogP contribution in [0.3, 0.4) is 0 Å². The van der Waals surface area contributed by atoms with Crippen LogP contribution in [0, 0.1) is 17.2 Å². The first-order chi connectivity index (χ1) is 7.84. The van der Waals surface area contributed by atoms with E-state index in [4.69, 9.17) is 5.26 Å². The molecule has 0 unspecified atom stereocenters. The van der Waals surface area contributed by atoms with Gasteiger partial charge >= 0.3 is 6.18 Å². The number of anilines is 1. The van der Waals surface area contributed by atoms with Gasteiger partial charge in [-0.25, -0.2) is 4.98 Å². The molecule has 17 heavy (non-hydrogen) atoms. The molecule has 0 saturated heterocycles. The molecule has 0 aliphatic carbocycles. The number of hydrogen-bond acceptors (Lipinski definition) is 3. The van der Waals surface area contributed by atoms with E-state index in [0.717, 1.165) is 12.1 Å². The largest absolute Gasteiger partial charge is 0.433 e. The molecule has 0 saturated carbocycles. The van der Waals surface area contributed by atoms with Gasteiger partial charge in [0.25, 0.3) is 0 Å². The van der Waals surface area contributed by atoms with Gasteiger partial charge in [0.2, 0.25) is 0 Å². The summed E-state index contributed by atoms with van der Waals surface area (Å²) in [6.45, 7) is 4.28. The summed E-state index contributed by atoms with van der Waals surface area (Å²) in [7, 11) is 0. The lowest BCUT2D eigenvalue weighted by Crippen LogP contribution is -2.14. The first-order valence-corrected chi connectivity index (χ1v) is 5.06. The number of pyridine rings is 1. The molecule has 0 aliphatic rings. The van der Waals surface area contributed by atoms with Crippen LogP contribution < -0.4 is 5.32 Å². The highest BCUT2D eigenvalue weighted by Gasteiger charge is 2.33.